The molecule has 0 radical (unpaired) electrons. The number of aromatic nitrogens is 2. The number of H-pyrrole nitrogens is 1. The Kier molecular flexibility index (Phi) is 5.26. The Morgan fingerprint density at radius 1 is 1.16 bits per heavy atom. The van der Waals surface area contributed by atoms with E-state index >= 15 is 0 Å². The Labute approximate surface area is 144 Å². The van der Waals surface area contributed by atoms with Gasteiger partial charge in [0.05, 0.1) is 6.54 Å². The summed E-state index contributed by atoms with van der Waals surface area (Å²) in [6.07, 6.45) is 3.24. The molecular weight excluding hydrogens is 323 g/mol. The number of nitrogens with zero attached hydrogens (tertiary/aromatic N) is 1. The van der Waals surface area contributed by atoms with E-state index in [-0.39, 0.29) is 24.6 Å². The lowest BCUT2D eigenvalue weighted by Gasteiger charge is -2.13. The van der Waals surface area contributed by atoms with Crippen LogP contribution in [0.15, 0.2) is 60.9 Å². The minimum atomic E-state index is -0.571. The summed E-state index contributed by atoms with van der Waals surface area (Å²) in [7, 11) is 0. The number of ether oxygens (including phenoxy) is 1. The predicted molar refractivity (Wildman–Crippen MR) is 91.6 cm³/mol. The second kappa shape index (κ2) is 7.96. The zero-order valence-electron chi connectivity index (χ0n) is 13.3. The van der Waals surface area contributed by atoms with Gasteiger partial charge in [-0.25, -0.2) is 14.2 Å². The Hall–Kier alpha value is -3.35. The van der Waals surface area contributed by atoms with Crippen molar-refractivity contribution >= 4 is 11.7 Å². The Bertz CT molecular complexity index is 822. The fourth-order valence-electron chi connectivity index (χ4n) is 2.20. The molecule has 7 heteroatoms. The molecule has 0 unspecified atom stereocenters. The third kappa shape index (κ3) is 4.57. The van der Waals surface area contributed by atoms with Crippen molar-refractivity contribution in [3.05, 3.63) is 78.1 Å². The number of carbonyl (C=O) groups excluding carboxylic acids is 1. The minimum Gasteiger partial charge on any atom is -0.487 e. The van der Waals surface area contributed by atoms with Crippen LogP contribution in [-0.4, -0.2) is 16.0 Å². The molecule has 1 aromatic heterocycles. The van der Waals surface area contributed by atoms with E-state index in [0.717, 1.165) is 5.56 Å². The van der Waals surface area contributed by atoms with Crippen LogP contribution < -0.4 is 15.4 Å². The normalized spacial score (nSPS) is 10.3. The molecule has 0 fully saturated rings. The Morgan fingerprint density at radius 3 is 2.76 bits per heavy atom. The van der Waals surface area contributed by atoms with Crippen LogP contribution in [0.25, 0.3) is 0 Å². The van der Waals surface area contributed by atoms with E-state index in [0.29, 0.717) is 5.82 Å². The van der Waals surface area contributed by atoms with Gasteiger partial charge >= 0.3 is 6.03 Å². The summed E-state index contributed by atoms with van der Waals surface area (Å²) in [5.74, 6) is 0.292. The van der Waals surface area contributed by atoms with Crippen molar-refractivity contribution in [3.63, 3.8) is 0 Å². The number of benzene rings is 2. The van der Waals surface area contributed by atoms with Gasteiger partial charge in [0, 0.05) is 12.4 Å². The summed E-state index contributed by atoms with van der Waals surface area (Å²) in [5, 5.41) is 5.08. The first-order valence-electron chi connectivity index (χ1n) is 7.71. The fourth-order valence-corrected chi connectivity index (χ4v) is 2.20. The number of amides is 2. The van der Waals surface area contributed by atoms with Crippen molar-refractivity contribution in [2.24, 2.45) is 0 Å². The molecule has 0 spiro atoms. The lowest BCUT2D eigenvalue weighted by Crippen LogP contribution is -2.29. The van der Waals surface area contributed by atoms with Crippen molar-refractivity contribution in [3.8, 4) is 5.75 Å². The van der Waals surface area contributed by atoms with Gasteiger partial charge in [-0.15, -0.1) is 0 Å². The van der Waals surface area contributed by atoms with Gasteiger partial charge < -0.3 is 20.4 Å². The van der Waals surface area contributed by atoms with E-state index in [2.05, 4.69) is 20.6 Å². The summed E-state index contributed by atoms with van der Waals surface area (Å²) in [6, 6.07) is 13.4. The maximum Gasteiger partial charge on any atom is 0.319 e. The van der Waals surface area contributed by atoms with E-state index in [1.807, 2.05) is 30.3 Å². The number of para-hydroxylation sites is 1. The molecule has 128 valence electrons. The third-order valence-corrected chi connectivity index (χ3v) is 3.42. The molecule has 0 atom stereocenters. The molecule has 6 nitrogen and oxygen atoms in total. The number of aromatic amines is 1. The molecule has 0 aliphatic heterocycles. The van der Waals surface area contributed by atoms with E-state index in [9.17, 15) is 9.18 Å². The van der Waals surface area contributed by atoms with Crippen LogP contribution in [0.2, 0.25) is 0 Å². The van der Waals surface area contributed by atoms with E-state index < -0.39 is 11.8 Å². The highest BCUT2D eigenvalue weighted by atomic mass is 19.1. The van der Waals surface area contributed by atoms with Gasteiger partial charge in [-0.1, -0.05) is 36.4 Å². The smallest absolute Gasteiger partial charge is 0.319 e. The zero-order valence-corrected chi connectivity index (χ0v) is 13.3. The number of nitrogens with one attached hydrogen (secondary N) is 3. The number of hydrogen-bond acceptors (Lipinski definition) is 3. The molecule has 3 aromatic rings. The monoisotopic (exact) mass is 340 g/mol. The maximum atomic E-state index is 14.1. The van der Waals surface area contributed by atoms with Crippen molar-refractivity contribution < 1.29 is 13.9 Å². The number of rotatable bonds is 6. The summed E-state index contributed by atoms with van der Waals surface area (Å²) in [4.78, 5) is 18.9. The maximum absolute atomic E-state index is 14.1. The first kappa shape index (κ1) is 16.5. The molecule has 1 heterocycles. The lowest BCUT2D eigenvalue weighted by molar-refractivity contribution is 0.251. The first-order valence-corrected chi connectivity index (χ1v) is 7.71. The lowest BCUT2D eigenvalue weighted by atomic mass is 10.2. The summed E-state index contributed by atoms with van der Waals surface area (Å²) >= 11 is 0. The van der Waals surface area contributed by atoms with E-state index in [4.69, 9.17) is 4.74 Å². The van der Waals surface area contributed by atoms with Gasteiger partial charge in [-0.05, 0) is 17.7 Å². The van der Waals surface area contributed by atoms with Crippen molar-refractivity contribution in [1.82, 2.24) is 15.3 Å². The molecule has 2 amide bonds. The second-order valence-corrected chi connectivity index (χ2v) is 5.23. The molecule has 0 saturated heterocycles. The second-order valence-electron chi connectivity index (χ2n) is 5.23. The summed E-state index contributed by atoms with van der Waals surface area (Å²) < 4.78 is 19.8. The third-order valence-electron chi connectivity index (χ3n) is 3.42. The van der Waals surface area contributed by atoms with Gasteiger partial charge in [-0.2, -0.15) is 0 Å². The molecule has 0 saturated carbocycles. The number of urea groups is 1. The molecule has 2 aromatic carbocycles. The van der Waals surface area contributed by atoms with Crippen LogP contribution in [0.3, 0.4) is 0 Å². The summed E-state index contributed by atoms with van der Waals surface area (Å²) in [5.41, 5.74) is 0.940. The number of carbonyl (C=O) groups is 1. The van der Waals surface area contributed by atoms with Crippen molar-refractivity contribution in [2.75, 3.05) is 5.32 Å². The standard InChI is InChI=1S/C18H17FN4O2/c19-14-7-4-8-15(25-12-13-5-2-1-3-6-13)17(14)23-18(24)22-11-16-20-9-10-21-16/h1-10H,11-12H2,(H,20,21)(H2,22,23,24). The highest BCUT2D eigenvalue weighted by Gasteiger charge is 2.13. The van der Waals surface area contributed by atoms with Gasteiger partial charge in [0.25, 0.3) is 0 Å². The SMILES string of the molecule is O=C(NCc1ncc[nH]1)Nc1c(F)cccc1OCc1ccccc1. The van der Waals surface area contributed by atoms with E-state index in [1.54, 1.807) is 18.5 Å². The Morgan fingerprint density at radius 2 is 2.00 bits per heavy atom. The minimum absolute atomic E-state index is 0.00428. The number of halogens is 1. The molecule has 25 heavy (non-hydrogen) atoms. The van der Waals surface area contributed by atoms with Crippen LogP contribution in [-0.2, 0) is 13.2 Å². The van der Waals surface area contributed by atoms with Crippen molar-refractivity contribution in [2.45, 2.75) is 13.2 Å². The Balaban J connectivity index is 1.64. The van der Waals surface area contributed by atoms with Crippen LogP contribution in [0, 0.1) is 5.82 Å². The van der Waals surface area contributed by atoms with Gasteiger partial charge in [0.15, 0.2) is 5.82 Å². The average molecular weight is 340 g/mol. The molecule has 0 aliphatic rings. The molecule has 0 bridgehead atoms. The zero-order chi connectivity index (χ0) is 17.5. The molecule has 3 N–H and O–H groups in total. The first-order chi connectivity index (χ1) is 12.2. The molecule has 0 aliphatic carbocycles. The highest BCUT2D eigenvalue weighted by Crippen LogP contribution is 2.28. The number of anilines is 1. The van der Waals surface area contributed by atoms with Crippen LogP contribution in [0.1, 0.15) is 11.4 Å². The molecule has 3 rings (SSSR count). The van der Waals surface area contributed by atoms with Gasteiger partial charge in [-0.3, -0.25) is 0 Å². The predicted octanol–water partition coefficient (Wildman–Crippen LogP) is 3.45. The van der Waals surface area contributed by atoms with Crippen LogP contribution in [0.5, 0.6) is 5.75 Å². The van der Waals surface area contributed by atoms with E-state index in [1.165, 1.54) is 12.1 Å². The highest BCUT2D eigenvalue weighted by molar-refractivity contribution is 5.91. The van der Waals surface area contributed by atoms with Crippen LogP contribution >= 0.6 is 0 Å². The van der Waals surface area contributed by atoms with Crippen LogP contribution in [0.4, 0.5) is 14.9 Å². The summed E-state index contributed by atoms with van der Waals surface area (Å²) in [6.45, 7) is 0.473. The van der Waals surface area contributed by atoms with Crippen molar-refractivity contribution in [1.29, 1.82) is 0 Å². The largest absolute Gasteiger partial charge is 0.487 e. The quantitative estimate of drug-likeness (QED) is 0.643. The molecular formula is C18H17FN4O2. The topological polar surface area (TPSA) is 79.0 Å². The fraction of sp³-hybridized carbons (Fsp3) is 0.111. The number of imidazole rings is 1. The van der Waals surface area contributed by atoms with Gasteiger partial charge in [0.2, 0.25) is 0 Å². The number of hydrogen-bond donors (Lipinski definition) is 3. The average Bonchev–Trinajstić information content (AvgIpc) is 3.15. The van der Waals surface area contributed by atoms with Gasteiger partial charge in [0.1, 0.15) is 23.9 Å².